The molecule has 0 radical (unpaired) electrons. The lowest BCUT2D eigenvalue weighted by Crippen LogP contribution is -2.38. The number of hydrogen-bond donors (Lipinski definition) is 1. The number of likely N-dealkylation sites (N-methyl/N-ethyl adjacent to an activating group) is 1. The van der Waals surface area contributed by atoms with E-state index < -0.39 is 11.7 Å². The van der Waals surface area contributed by atoms with Gasteiger partial charge in [0, 0.05) is 11.5 Å². The molecule has 1 N–H and O–H groups in total. The average molecular weight is 297 g/mol. The molecule has 1 aliphatic heterocycles. The number of carbonyl (C=O) groups excluding carboxylic acids is 3. The van der Waals surface area contributed by atoms with Gasteiger partial charge in [-0.2, -0.15) is 0 Å². The summed E-state index contributed by atoms with van der Waals surface area (Å²) in [6.45, 7) is -0.148. The molecule has 0 unspecified atom stereocenters. The molecule has 0 fully saturated rings. The molecule has 1 aliphatic rings. The van der Waals surface area contributed by atoms with Crippen LogP contribution in [0, 0.1) is 0 Å². The Morgan fingerprint density at radius 2 is 2.12 bits per heavy atom. The van der Waals surface area contributed by atoms with E-state index in [-0.39, 0.29) is 12.5 Å². The van der Waals surface area contributed by atoms with Gasteiger partial charge in [-0.3, -0.25) is 19.3 Å². The fraction of sp³-hybridized carbons (Fsp3) is 0.182. The van der Waals surface area contributed by atoms with Crippen LogP contribution in [0.5, 0.6) is 0 Å². The highest BCUT2D eigenvalue weighted by atomic mass is 79.9. The molecule has 88 valence electrons. The molecule has 0 saturated heterocycles. The van der Waals surface area contributed by atoms with E-state index in [4.69, 9.17) is 0 Å². The van der Waals surface area contributed by atoms with Crippen molar-refractivity contribution < 1.29 is 14.4 Å². The Kier molecular flexibility index (Phi) is 2.97. The van der Waals surface area contributed by atoms with Crippen LogP contribution in [0.1, 0.15) is 10.4 Å². The number of fused-ring (bicyclic) bond motifs is 1. The second-order valence-corrected chi connectivity index (χ2v) is 4.47. The van der Waals surface area contributed by atoms with E-state index in [1.165, 1.54) is 11.9 Å². The highest BCUT2D eigenvalue weighted by molar-refractivity contribution is 9.10. The van der Waals surface area contributed by atoms with Gasteiger partial charge in [-0.25, -0.2) is 0 Å². The third-order valence-electron chi connectivity index (χ3n) is 2.52. The standard InChI is InChI=1S/C11H9BrN2O3/c1-13-9(15)5-14-8-4-6(12)2-3-7(8)10(16)11(14)17/h2-4H,5H2,1H3,(H,13,15). The summed E-state index contributed by atoms with van der Waals surface area (Å²) in [6, 6.07) is 4.91. The molecule has 0 atom stereocenters. The number of rotatable bonds is 2. The van der Waals surface area contributed by atoms with Gasteiger partial charge in [0.05, 0.1) is 11.3 Å². The highest BCUT2D eigenvalue weighted by Crippen LogP contribution is 2.31. The number of Topliss-reactive ketones (excluding diaryl/α,β-unsaturated/α-hetero) is 1. The van der Waals surface area contributed by atoms with Gasteiger partial charge in [0.25, 0.3) is 11.7 Å². The predicted octanol–water partition coefficient (Wildman–Crippen LogP) is 0.724. The Morgan fingerprint density at radius 3 is 2.76 bits per heavy atom. The molecular weight excluding hydrogens is 288 g/mol. The minimum Gasteiger partial charge on any atom is -0.358 e. The zero-order chi connectivity index (χ0) is 12.6. The molecule has 0 bridgehead atoms. The molecule has 17 heavy (non-hydrogen) atoms. The summed E-state index contributed by atoms with van der Waals surface area (Å²) < 4.78 is 0.751. The van der Waals surface area contributed by atoms with Crippen LogP contribution in [0.4, 0.5) is 5.69 Å². The third kappa shape index (κ3) is 1.95. The van der Waals surface area contributed by atoms with Crippen LogP contribution in [-0.4, -0.2) is 31.2 Å². The first-order valence-electron chi connectivity index (χ1n) is 4.91. The third-order valence-corrected chi connectivity index (χ3v) is 3.01. The van der Waals surface area contributed by atoms with E-state index >= 15 is 0 Å². The average Bonchev–Trinajstić information content (AvgIpc) is 2.54. The van der Waals surface area contributed by atoms with E-state index in [0.29, 0.717) is 11.3 Å². The maximum Gasteiger partial charge on any atom is 0.299 e. The Hall–Kier alpha value is -1.69. The number of benzene rings is 1. The van der Waals surface area contributed by atoms with Crippen molar-refractivity contribution in [1.82, 2.24) is 5.32 Å². The molecule has 1 heterocycles. The SMILES string of the molecule is CNC(=O)CN1C(=O)C(=O)c2ccc(Br)cc21. The minimum absolute atomic E-state index is 0.148. The molecule has 6 heteroatoms. The summed E-state index contributed by atoms with van der Waals surface area (Å²) in [5.74, 6) is -1.56. The van der Waals surface area contributed by atoms with Gasteiger partial charge in [0.15, 0.2) is 0 Å². The van der Waals surface area contributed by atoms with Crippen molar-refractivity contribution in [3.8, 4) is 0 Å². The number of anilines is 1. The number of hydrogen-bond acceptors (Lipinski definition) is 3. The van der Waals surface area contributed by atoms with Crippen LogP contribution in [0.2, 0.25) is 0 Å². The van der Waals surface area contributed by atoms with Gasteiger partial charge >= 0.3 is 0 Å². The quantitative estimate of drug-likeness (QED) is 0.818. The Bertz CT molecular complexity index is 527. The summed E-state index contributed by atoms with van der Waals surface area (Å²) in [5.41, 5.74) is 0.806. The molecule has 0 aliphatic carbocycles. The molecule has 0 spiro atoms. The maximum absolute atomic E-state index is 11.7. The van der Waals surface area contributed by atoms with E-state index in [1.54, 1.807) is 18.2 Å². The van der Waals surface area contributed by atoms with Crippen molar-refractivity contribution in [3.05, 3.63) is 28.2 Å². The lowest BCUT2D eigenvalue weighted by atomic mass is 10.1. The zero-order valence-corrected chi connectivity index (χ0v) is 10.6. The number of nitrogens with zero attached hydrogens (tertiary/aromatic N) is 1. The van der Waals surface area contributed by atoms with Gasteiger partial charge in [-0.05, 0) is 18.2 Å². The molecule has 5 nitrogen and oxygen atoms in total. The molecular formula is C11H9BrN2O3. The van der Waals surface area contributed by atoms with Crippen LogP contribution in [0.3, 0.4) is 0 Å². The number of nitrogens with one attached hydrogen (secondary N) is 1. The Labute approximate surface area is 106 Å². The largest absolute Gasteiger partial charge is 0.358 e. The van der Waals surface area contributed by atoms with Crippen molar-refractivity contribution in [2.24, 2.45) is 0 Å². The van der Waals surface area contributed by atoms with Gasteiger partial charge < -0.3 is 5.32 Å². The Balaban J connectivity index is 2.42. The normalized spacial score (nSPS) is 13.9. The van der Waals surface area contributed by atoms with Gasteiger partial charge in [0.1, 0.15) is 6.54 Å². The number of carbonyl (C=O) groups is 3. The van der Waals surface area contributed by atoms with E-state index in [1.807, 2.05) is 0 Å². The smallest absolute Gasteiger partial charge is 0.299 e. The van der Waals surface area contributed by atoms with Gasteiger partial charge in [-0.15, -0.1) is 0 Å². The van der Waals surface area contributed by atoms with Crippen LogP contribution in [0.15, 0.2) is 22.7 Å². The number of halogens is 1. The van der Waals surface area contributed by atoms with Crippen molar-refractivity contribution in [1.29, 1.82) is 0 Å². The molecule has 1 aromatic rings. The van der Waals surface area contributed by atoms with Gasteiger partial charge in [0.2, 0.25) is 5.91 Å². The topological polar surface area (TPSA) is 66.5 Å². The molecule has 0 aromatic heterocycles. The van der Waals surface area contributed by atoms with Crippen LogP contribution in [-0.2, 0) is 9.59 Å². The number of amides is 2. The van der Waals surface area contributed by atoms with E-state index in [2.05, 4.69) is 21.2 Å². The van der Waals surface area contributed by atoms with Crippen molar-refractivity contribution in [3.63, 3.8) is 0 Å². The summed E-state index contributed by atoms with van der Waals surface area (Å²) in [7, 11) is 1.48. The summed E-state index contributed by atoms with van der Waals surface area (Å²) in [4.78, 5) is 35.8. The van der Waals surface area contributed by atoms with Crippen molar-refractivity contribution in [2.45, 2.75) is 0 Å². The maximum atomic E-state index is 11.7. The molecule has 2 amide bonds. The van der Waals surface area contributed by atoms with Crippen LogP contribution >= 0.6 is 15.9 Å². The fourth-order valence-electron chi connectivity index (χ4n) is 1.65. The minimum atomic E-state index is -0.665. The first kappa shape index (κ1) is 11.8. The van der Waals surface area contributed by atoms with E-state index in [9.17, 15) is 14.4 Å². The molecule has 0 saturated carbocycles. The Morgan fingerprint density at radius 1 is 1.41 bits per heavy atom. The van der Waals surface area contributed by atoms with Crippen LogP contribution in [0.25, 0.3) is 0 Å². The summed E-state index contributed by atoms with van der Waals surface area (Å²) >= 11 is 3.27. The summed E-state index contributed by atoms with van der Waals surface area (Å²) in [6.07, 6.45) is 0. The second-order valence-electron chi connectivity index (χ2n) is 3.56. The second kappa shape index (κ2) is 4.29. The lowest BCUT2D eigenvalue weighted by Gasteiger charge is -2.15. The molecule has 2 rings (SSSR count). The molecule has 1 aromatic carbocycles. The lowest BCUT2D eigenvalue weighted by molar-refractivity contribution is -0.121. The first-order chi connectivity index (χ1) is 8.04. The zero-order valence-electron chi connectivity index (χ0n) is 8.99. The fourth-order valence-corrected chi connectivity index (χ4v) is 2.00. The van der Waals surface area contributed by atoms with Crippen molar-refractivity contribution >= 4 is 39.2 Å². The van der Waals surface area contributed by atoms with Gasteiger partial charge in [-0.1, -0.05) is 15.9 Å². The predicted molar refractivity (Wildman–Crippen MR) is 64.9 cm³/mol. The van der Waals surface area contributed by atoms with E-state index in [0.717, 1.165) is 4.47 Å². The summed E-state index contributed by atoms with van der Waals surface area (Å²) in [5, 5.41) is 2.42. The highest BCUT2D eigenvalue weighted by Gasteiger charge is 2.36. The monoisotopic (exact) mass is 296 g/mol. The number of ketones is 1. The first-order valence-corrected chi connectivity index (χ1v) is 5.70. The van der Waals surface area contributed by atoms with Crippen molar-refractivity contribution in [2.75, 3.05) is 18.5 Å². The van der Waals surface area contributed by atoms with Crippen LogP contribution < -0.4 is 10.2 Å².